The molecule has 0 amide bonds. The fourth-order valence-corrected chi connectivity index (χ4v) is 1.12. The molecule has 0 aromatic rings. The van der Waals surface area contributed by atoms with E-state index < -0.39 is 6.10 Å². The van der Waals surface area contributed by atoms with E-state index in [1.807, 2.05) is 11.9 Å². The Balaban J connectivity index is 3.38. The van der Waals surface area contributed by atoms with E-state index in [9.17, 15) is 5.11 Å². The van der Waals surface area contributed by atoms with Gasteiger partial charge in [0, 0.05) is 20.1 Å². The minimum atomic E-state index is -0.433. The van der Waals surface area contributed by atoms with Crippen LogP contribution in [-0.4, -0.2) is 50.0 Å². The number of hydrogen-bond donors (Lipinski definition) is 1. The number of ether oxygens (including phenoxy) is 1. The second kappa shape index (κ2) is 7.99. The number of likely N-dealkylation sites (N-methyl/N-ethyl adjacent to an activating group) is 1. The predicted octanol–water partition coefficient (Wildman–Crippen LogP) is 0.229. The lowest BCUT2D eigenvalue weighted by Gasteiger charge is -2.19. The molecule has 0 saturated heterocycles. The lowest BCUT2D eigenvalue weighted by atomic mass is 10.3. The Morgan fingerprint density at radius 3 is 2.85 bits per heavy atom. The molecule has 13 heavy (non-hydrogen) atoms. The van der Waals surface area contributed by atoms with Gasteiger partial charge in [-0.1, -0.05) is 0 Å². The second-order valence-electron chi connectivity index (χ2n) is 3.13. The van der Waals surface area contributed by atoms with Gasteiger partial charge in [-0.2, -0.15) is 5.26 Å². The van der Waals surface area contributed by atoms with E-state index in [-0.39, 0.29) is 0 Å². The average molecular weight is 186 g/mol. The van der Waals surface area contributed by atoms with Crippen LogP contribution in [0, 0.1) is 11.3 Å². The molecule has 0 spiro atoms. The van der Waals surface area contributed by atoms with Crippen molar-refractivity contribution in [2.45, 2.75) is 18.9 Å². The Labute approximate surface area is 79.7 Å². The summed E-state index contributed by atoms with van der Waals surface area (Å²) in [6.07, 6.45) is 0.995. The van der Waals surface area contributed by atoms with Gasteiger partial charge in [-0.05, 0) is 20.0 Å². The van der Waals surface area contributed by atoms with Gasteiger partial charge in [-0.25, -0.2) is 0 Å². The van der Waals surface area contributed by atoms with E-state index in [1.165, 1.54) is 0 Å². The zero-order valence-electron chi connectivity index (χ0n) is 8.36. The fourth-order valence-electron chi connectivity index (χ4n) is 1.12. The number of aliphatic hydroxyl groups is 1. The standard InChI is InChI=1S/C9H18N2O2/c1-11(6-4-3-5-10)7-9(12)8-13-2/h9,12H,3-4,6-8H2,1-2H3. The Hall–Kier alpha value is -0.630. The zero-order chi connectivity index (χ0) is 10.1. The molecule has 0 saturated carbocycles. The minimum Gasteiger partial charge on any atom is -0.389 e. The van der Waals surface area contributed by atoms with Crippen LogP contribution in [0.2, 0.25) is 0 Å². The highest BCUT2D eigenvalue weighted by molar-refractivity contribution is 4.70. The third-order valence-corrected chi connectivity index (χ3v) is 1.71. The topological polar surface area (TPSA) is 56.5 Å². The number of methoxy groups -OCH3 is 1. The maximum atomic E-state index is 9.34. The van der Waals surface area contributed by atoms with Crippen molar-refractivity contribution in [3.8, 4) is 6.07 Å². The van der Waals surface area contributed by atoms with Gasteiger partial charge in [0.15, 0.2) is 0 Å². The Kier molecular flexibility index (Phi) is 7.60. The van der Waals surface area contributed by atoms with Crippen LogP contribution in [0.4, 0.5) is 0 Å². The van der Waals surface area contributed by atoms with Crippen LogP contribution in [-0.2, 0) is 4.74 Å². The first-order chi connectivity index (χ1) is 6.20. The van der Waals surface area contributed by atoms with Crippen molar-refractivity contribution in [3.63, 3.8) is 0 Å². The number of aliphatic hydroxyl groups excluding tert-OH is 1. The van der Waals surface area contributed by atoms with Gasteiger partial charge >= 0.3 is 0 Å². The molecule has 1 atom stereocenters. The summed E-state index contributed by atoms with van der Waals surface area (Å²) < 4.78 is 4.80. The Morgan fingerprint density at radius 2 is 2.31 bits per heavy atom. The lowest BCUT2D eigenvalue weighted by Crippen LogP contribution is -2.32. The minimum absolute atomic E-state index is 0.364. The molecule has 1 unspecified atom stereocenters. The summed E-state index contributed by atoms with van der Waals surface area (Å²) in [5, 5.41) is 17.7. The van der Waals surface area contributed by atoms with E-state index in [2.05, 4.69) is 6.07 Å². The summed E-state index contributed by atoms with van der Waals surface area (Å²) in [5.74, 6) is 0. The van der Waals surface area contributed by atoms with Crippen molar-refractivity contribution in [2.75, 3.05) is 33.9 Å². The zero-order valence-corrected chi connectivity index (χ0v) is 8.36. The molecule has 0 fully saturated rings. The van der Waals surface area contributed by atoms with Gasteiger partial charge in [0.2, 0.25) is 0 Å². The van der Waals surface area contributed by atoms with Crippen molar-refractivity contribution in [1.82, 2.24) is 4.90 Å². The Bertz CT molecular complexity index is 156. The van der Waals surface area contributed by atoms with E-state index in [0.717, 1.165) is 13.0 Å². The first-order valence-electron chi connectivity index (χ1n) is 4.43. The van der Waals surface area contributed by atoms with Gasteiger partial charge in [0.05, 0.1) is 18.8 Å². The van der Waals surface area contributed by atoms with Gasteiger partial charge < -0.3 is 14.7 Å². The van der Waals surface area contributed by atoms with Crippen molar-refractivity contribution in [1.29, 1.82) is 5.26 Å². The van der Waals surface area contributed by atoms with Gasteiger partial charge in [0.1, 0.15) is 0 Å². The first-order valence-corrected chi connectivity index (χ1v) is 4.43. The maximum Gasteiger partial charge on any atom is 0.0899 e. The first kappa shape index (κ1) is 12.4. The van der Waals surface area contributed by atoms with Crippen LogP contribution in [0.5, 0.6) is 0 Å². The molecule has 0 aromatic heterocycles. The number of hydrogen-bond acceptors (Lipinski definition) is 4. The average Bonchev–Trinajstić information content (AvgIpc) is 2.05. The van der Waals surface area contributed by atoms with Gasteiger partial charge in [-0.15, -0.1) is 0 Å². The van der Waals surface area contributed by atoms with Crippen molar-refractivity contribution in [3.05, 3.63) is 0 Å². The Morgan fingerprint density at radius 1 is 1.62 bits per heavy atom. The van der Waals surface area contributed by atoms with Crippen molar-refractivity contribution >= 4 is 0 Å². The van der Waals surface area contributed by atoms with Crippen molar-refractivity contribution in [2.24, 2.45) is 0 Å². The van der Waals surface area contributed by atoms with Crippen LogP contribution in [0.15, 0.2) is 0 Å². The van der Waals surface area contributed by atoms with E-state index in [0.29, 0.717) is 19.6 Å². The highest BCUT2D eigenvalue weighted by Gasteiger charge is 2.06. The normalized spacial score (nSPS) is 12.8. The monoisotopic (exact) mass is 186 g/mol. The van der Waals surface area contributed by atoms with Crippen LogP contribution < -0.4 is 0 Å². The van der Waals surface area contributed by atoms with Crippen LogP contribution in [0.25, 0.3) is 0 Å². The molecule has 4 heteroatoms. The molecule has 0 radical (unpaired) electrons. The molecule has 4 nitrogen and oxygen atoms in total. The molecule has 0 aliphatic rings. The number of nitrogens with zero attached hydrogens (tertiary/aromatic N) is 2. The van der Waals surface area contributed by atoms with Gasteiger partial charge in [0.25, 0.3) is 0 Å². The fraction of sp³-hybridized carbons (Fsp3) is 0.889. The lowest BCUT2D eigenvalue weighted by molar-refractivity contribution is 0.0432. The summed E-state index contributed by atoms with van der Waals surface area (Å²) in [5.41, 5.74) is 0. The van der Waals surface area contributed by atoms with E-state index in [4.69, 9.17) is 10.00 Å². The van der Waals surface area contributed by atoms with E-state index in [1.54, 1.807) is 7.11 Å². The van der Waals surface area contributed by atoms with E-state index >= 15 is 0 Å². The molecule has 0 aliphatic carbocycles. The summed E-state index contributed by atoms with van der Waals surface area (Å²) >= 11 is 0. The third-order valence-electron chi connectivity index (χ3n) is 1.71. The molecular formula is C9H18N2O2. The second-order valence-corrected chi connectivity index (χ2v) is 3.13. The van der Waals surface area contributed by atoms with Crippen molar-refractivity contribution < 1.29 is 9.84 Å². The number of nitriles is 1. The molecular weight excluding hydrogens is 168 g/mol. The quantitative estimate of drug-likeness (QED) is 0.578. The number of unbranched alkanes of at least 4 members (excludes halogenated alkanes) is 1. The largest absolute Gasteiger partial charge is 0.389 e. The molecule has 76 valence electrons. The van der Waals surface area contributed by atoms with Crippen LogP contribution >= 0.6 is 0 Å². The smallest absolute Gasteiger partial charge is 0.0899 e. The highest BCUT2D eigenvalue weighted by atomic mass is 16.5. The molecule has 0 aliphatic heterocycles. The number of rotatable bonds is 7. The molecule has 0 bridgehead atoms. The predicted molar refractivity (Wildman–Crippen MR) is 50.2 cm³/mol. The van der Waals surface area contributed by atoms with Crippen LogP contribution in [0.1, 0.15) is 12.8 Å². The third kappa shape index (κ3) is 7.72. The maximum absolute atomic E-state index is 9.34. The summed E-state index contributed by atoms with van der Waals surface area (Å²) in [6.45, 7) is 1.80. The van der Waals surface area contributed by atoms with Gasteiger partial charge in [-0.3, -0.25) is 0 Å². The molecule has 0 heterocycles. The highest BCUT2D eigenvalue weighted by Crippen LogP contribution is 1.94. The molecule has 1 N–H and O–H groups in total. The molecule has 0 rings (SSSR count). The summed E-state index contributed by atoms with van der Waals surface area (Å²) in [7, 11) is 3.50. The van der Waals surface area contributed by atoms with Crippen LogP contribution in [0.3, 0.4) is 0 Å². The SMILES string of the molecule is COCC(O)CN(C)CCCC#N. The molecule has 0 aromatic carbocycles. The summed E-state index contributed by atoms with van der Waals surface area (Å²) in [4.78, 5) is 2.00. The summed E-state index contributed by atoms with van der Waals surface area (Å²) in [6, 6.07) is 2.09.